The first-order chi connectivity index (χ1) is 18.1. The van der Waals surface area contributed by atoms with Gasteiger partial charge >= 0.3 is 0 Å². The van der Waals surface area contributed by atoms with Gasteiger partial charge in [-0.2, -0.15) is 0 Å². The Hall–Kier alpha value is -3.40. The standard InChI is InChI=1S/C27H30N8OS/c1-3-37-20-11-10-18(28-13-20)12-29-25-27(36)35(19-6-4-5-7-19)26-21(33-25)14-30-24(34-26)22-16(2)31-15-32-23(22)17-8-9-17/h10-11,13-15,17,19H,3-9,12H2,1-2H3,(H,29,33). The highest BCUT2D eigenvalue weighted by Gasteiger charge is 2.30. The Morgan fingerprint density at radius 1 is 1.03 bits per heavy atom. The first kappa shape index (κ1) is 24.0. The van der Waals surface area contributed by atoms with Crippen molar-refractivity contribution in [1.29, 1.82) is 0 Å². The van der Waals surface area contributed by atoms with Crippen molar-refractivity contribution >= 4 is 28.7 Å². The zero-order chi connectivity index (χ0) is 25.4. The molecule has 1 N–H and O–H groups in total. The summed E-state index contributed by atoms with van der Waals surface area (Å²) in [5.74, 6) is 2.31. The van der Waals surface area contributed by atoms with Crippen molar-refractivity contribution in [2.45, 2.75) is 75.8 Å². The molecule has 2 fully saturated rings. The van der Waals surface area contributed by atoms with E-state index >= 15 is 0 Å². The number of anilines is 1. The number of aryl methyl sites for hydroxylation is 1. The van der Waals surface area contributed by atoms with Crippen LogP contribution in [0.5, 0.6) is 0 Å². The third-order valence-corrected chi connectivity index (χ3v) is 7.98. The van der Waals surface area contributed by atoms with Gasteiger partial charge in [0.15, 0.2) is 17.3 Å². The van der Waals surface area contributed by atoms with Crippen molar-refractivity contribution < 1.29 is 0 Å². The molecule has 0 atom stereocenters. The molecule has 0 spiro atoms. The van der Waals surface area contributed by atoms with E-state index in [-0.39, 0.29) is 11.6 Å². The number of fused-ring (bicyclic) bond motifs is 1. The van der Waals surface area contributed by atoms with Gasteiger partial charge in [-0.3, -0.25) is 14.3 Å². The van der Waals surface area contributed by atoms with E-state index in [1.54, 1.807) is 24.3 Å². The third-order valence-electron chi connectivity index (χ3n) is 7.12. The van der Waals surface area contributed by atoms with E-state index in [0.717, 1.165) is 71.8 Å². The van der Waals surface area contributed by atoms with Crippen molar-refractivity contribution in [3.63, 3.8) is 0 Å². The van der Waals surface area contributed by atoms with E-state index in [1.165, 1.54) is 0 Å². The molecule has 4 heterocycles. The minimum atomic E-state index is -0.148. The third kappa shape index (κ3) is 4.82. The van der Waals surface area contributed by atoms with Crippen LogP contribution in [0.1, 0.15) is 74.5 Å². The highest BCUT2D eigenvalue weighted by atomic mass is 32.2. The maximum Gasteiger partial charge on any atom is 0.295 e. The first-order valence-electron chi connectivity index (χ1n) is 13.0. The molecular weight excluding hydrogens is 484 g/mol. The minimum Gasteiger partial charge on any atom is -0.360 e. The van der Waals surface area contributed by atoms with Crippen LogP contribution in [-0.4, -0.2) is 40.2 Å². The molecule has 0 amide bonds. The van der Waals surface area contributed by atoms with Crippen LogP contribution >= 0.6 is 11.8 Å². The van der Waals surface area contributed by atoms with Crippen molar-refractivity contribution in [3.8, 4) is 11.4 Å². The molecular formula is C27H30N8OS. The van der Waals surface area contributed by atoms with Crippen LogP contribution in [0.25, 0.3) is 22.6 Å². The summed E-state index contributed by atoms with van der Waals surface area (Å²) in [5, 5.41) is 3.24. The lowest BCUT2D eigenvalue weighted by atomic mass is 10.1. The monoisotopic (exact) mass is 514 g/mol. The molecule has 0 unspecified atom stereocenters. The zero-order valence-corrected chi connectivity index (χ0v) is 22.0. The van der Waals surface area contributed by atoms with Crippen LogP contribution < -0.4 is 10.9 Å². The van der Waals surface area contributed by atoms with Crippen molar-refractivity contribution in [3.05, 3.63) is 58.3 Å². The topological polar surface area (TPSA) is 111 Å². The predicted octanol–water partition coefficient (Wildman–Crippen LogP) is 5.06. The second-order valence-electron chi connectivity index (χ2n) is 9.74. The van der Waals surface area contributed by atoms with Gasteiger partial charge < -0.3 is 5.32 Å². The normalized spacial score (nSPS) is 15.9. The average Bonchev–Trinajstić information content (AvgIpc) is 3.62. The summed E-state index contributed by atoms with van der Waals surface area (Å²) in [6.07, 6.45) is 11.6. The number of hydrogen-bond acceptors (Lipinski definition) is 9. The summed E-state index contributed by atoms with van der Waals surface area (Å²) < 4.78 is 1.84. The Kier molecular flexibility index (Phi) is 6.58. The fraction of sp³-hybridized carbons (Fsp3) is 0.444. The number of pyridine rings is 1. The smallest absolute Gasteiger partial charge is 0.295 e. The lowest BCUT2D eigenvalue weighted by molar-refractivity contribution is 0.515. The van der Waals surface area contributed by atoms with Gasteiger partial charge in [0.05, 0.1) is 35.4 Å². The second-order valence-corrected chi connectivity index (χ2v) is 11.1. The number of rotatable bonds is 8. The number of nitrogens with one attached hydrogen (secondary N) is 1. The lowest BCUT2D eigenvalue weighted by Crippen LogP contribution is -2.28. The molecule has 4 aromatic rings. The fourth-order valence-electron chi connectivity index (χ4n) is 5.11. The van der Waals surface area contributed by atoms with Crippen LogP contribution in [0, 0.1) is 6.92 Å². The Labute approximate surface area is 219 Å². The largest absolute Gasteiger partial charge is 0.360 e. The number of nitrogens with zero attached hydrogens (tertiary/aromatic N) is 7. The molecule has 0 aliphatic heterocycles. The molecule has 2 aliphatic rings. The fourth-order valence-corrected chi connectivity index (χ4v) is 5.74. The quantitative estimate of drug-likeness (QED) is 0.322. The summed E-state index contributed by atoms with van der Waals surface area (Å²) in [6.45, 7) is 4.50. The van der Waals surface area contributed by atoms with E-state index < -0.39 is 0 Å². The van der Waals surface area contributed by atoms with Crippen molar-refractivity contribution in [1.82, 2.24) is 34.5 Å². The predicted molar refractivity (Wildman–Crippen MR) is 145 cm³/mol. The summed E-state index contributed by atoms with van der Waals surface area (Å²) in [4.78, 5) is 42.7. The van der Waals surface area contributed by atoms with Gasteiger partial charge in [0.25, 0.3) is 5.56 Å². The van der Waals surface area contributed by atoms with Crippen LogP contribution in [-0.2, 0) is 6.54 Å². The molecule has 0 saturated heterocycles. The molecule has 2 saturated carbocycles. The highest BCUT2D eigenvalue weighted by molar-refractivity contribution is 7.99. The molecule has 0 bridgehead atoms. The average molecular weight is 515 g/mol. The number of hydrogen-bond donors (Lipinski definition) is 1. The number of aromatic nitrogens is 7. The van der Waals surface area contributed by atoms with Crippen LogP contribution in [0.15, 0.2) is 40.5 Å². The second kappa shape index (κ2) is 10.2. The molecule has 0 radical (unpaired) electrons. The van der Waals surface area contributed by atoms with E-state index in [0.29, 0.717) is 35.3 Å². The lowest BCUT2D eigenvalue weighted by Gasteiger charge is -2.18. The van der Waals surface area contributed by atoms with E-state index in [1.807, 2.05) is 23.8 Å². The van der Waals surface area contributed by atoms with Gasteiger partial charge in [0.2, 0.25) is 0 Å². The van der Waals surface area contributed by atoms with Gasteiger partial charge in [-0.05, 0) is 50.5 Å². The number of thioether (sulfide) groups is 1. The Morgan fingerprint density at radius 2 is 1.86 bits per heavy atom. The van der Waals surface area contributed by atoms with Crippen LogP contribution in [0.2, 0.25) is 0 Å². The zero-order valence-electron chi connectivity index (χ0n) is 21.1. The van der Waals surface area contributed by atoms with Crippen LogP contribution in [0.4, 0.5) is 5.82 Å². The highest BCUT2D eigenvalue weighted by Crippen LogP contribution is 2.43. The summed E-state index contributed by atoms with van der Waals surface area (Å²) in [5.41, 5.74) is 4.63. The maximum absolute atomic E-state index is 13.8. The maximum atomic E-state index is 13.8. The molecule has 6 rings (SSSR count). The Morgan fingerprint density at radius 3 is 2.59 bits per heavy atom. The molecule has 4 aromatic heterocycles. The van der Waals surface area contributed by atoms with Crippen molar-refractivity contribution in [2.24, 2.45) is 0 Å². The summed E-state index contributed by atoms with van der Waals surface area (Å²) in [6, 6.07) is 4.14. The van der Waals surface area contributed by atoms with E-state index in [4.69, 9.17) is 4.98 Å². The molecule has 190 valence electrons. The Balaban J connectivity index is 1.40. The van der Waals surface area contributed by atoms with Crippen LogP contribution in [0.3, 0.4) is 0 Å². The minimum absolute atomic E-state index is 0.0980. The summed E-state index contributed by atoms with van der Waals surface area (Å²) in [7, 11) is 0. The van der Waals surface area contributed by atoms with Gasteiger partial charge in [-0.1, -0.05) is 19.8 Å². The van der Waals surface area contributed by atoms with E-state index in [9.17, 15) is 4.79 Å². The SMILES string of the molecule is CCSc1ccc(CNc2nc3cnc(-c4c(C)ncnc4C4CC4)nc3n(C3CCCC3)c2=O)nc1. The first-order valence-corrected chi connectivity index (χ1v) is 14.0. The Bertz CT molecular complexity index is 1490. The van der Waals surface area contributed by atoms with Crippen molar-refractivity contribution in [2.75, 3.05) is 11.1 Å². The molecule has 37 heavy (non-hydrogen) atoms. The van der Waals surface area contributed by atoms with Gasteiger partial charge in [-0.25, -0.2) is 24.9 Å². The van der Waals surface area contributed by atoms with Gasteiger partial charge in [0.1, 0.15) is 11.8 Å². The molecule has 10 heteroatoms. The molecule has 2 aliphatic carbocycles. The molecule has 9 nitrogen and oxygen atoms in total. The van der Waals surface area contributed by atoms with E-state index in [2.05, 4.69) is 43.2 Å². The van der Waals surface area contributed by atoms with Gasteiger partial charge in [0, 0.05) is 23.1 Å². The van der Waals surface area contributed by atoms with Gasteiger partial charge in [-0.15, -0.1) is 11.8 Å². The summed E-state index contributed by atoms with van der Waals surface area (Å²) >= 11 is 1.75. The molecule has 0 aromatic carbocycles.